The van der Waals surface area contributed by atoms with Gasteiger partial charge in [-0.1, -0.05) is 36.8 Å². The summed E-state index contributed by atoms with van der Waals surface area (Å²) >= 11 is 0. The van der Waals surface area contributed by atoms with Gasteiger partial charge in [0.1, 0.15) is 6.04 Å². The van der Waals surface area contributed by atoms with Crippen LogP contribution in [0, 0.1) is 0 Å². The van der Waals surface area contributed by atoms with E-state index in [1.807, 2.05) is 25.1 Å². The number of carbonyl (C=O) groups is 2. The smallest absolute Gasteiger partial charge is 0.358 e. The molecule has 0 radical (unpaired) electrons. The van der Waals surface area contributed by atoms with Gasteiger partial charge in [0.05, 0.1) is 5.69 Å². The summed E-state index contributed by atoms with van der Waals surface area (Å²) in [6, 6.07) is 8.40. The molecule has 2 aromatic rings. The molecule has 22 heavy (non-hydrogen) atoms. The molecule has 7 heteroatoms. The molecule has 1 amide bonds. The summed E-state index contributed by atoms with van der Waals surface area (Å²) in [4.78, 5) is 23.5. The molecule has 1 heterocycles. The van der Waals surface area contributed by atoms with Gasteiger partial charge in [0.25, 0.3) is 0 Å². The van der Waals surface area contributed by atoms with Crippen LogP contribution in [0.2, 0.25) is 0 Å². The van der Waals surface area contributed by atoms with Crippen molar-refractivity contribution in [3.63, 3.8) is 0 Å². The van der Waals surface area contributed by atoms with Gasteiger partial charge in [0, 0.05) is 5.69 Å². The van der Waals surface area contributed by atoms with Crippen LogP contribution in [0.15, 0.2) is 30.3 Å². The van der Waals surface area contributed by atoms with Gasteiger partial charge < -0.3 is 10.4 Å². The number of aromatic carboxylic acids is 1. The Labute approximate surface area is 128 Å². The molecule has 7 nitrogen and oxygen atoms in total. The Bertz CT molecular complexity index is 667. The maximum Gasteiger partial charge on any atom is 0.358 e. The van der Waals surface area contributed by atoms with Crippen molar-refractivity contribution in [1.82, 2.24) is 15.0 Å². The van der Waals surface area contributed by atoms with Crippen molar-refractivity contribution in [3.8, 4) is 0 Å². The van der Waals surface area contributed by atoms with Gasteiger partial charge in [0.15, 0.2) is 5.69 Å². The van der Waals surface area contributed by atoms with Crippen LogP contribution < -0.4 is 5.32 Å². The Morgan fingerprint density at radius 2 is 2.00 bits per heavy atom. The molecule has 1 aromatic carbocycles. The number of rotatable bonds is 6. The summed E-state index contributed by atoms with van der Waals surface area (Å²) in [5.41, 5.74) is 1.04. The number of hydrogen-bond donors (Lipinski definition) is 2. The number of anilines is 1. The van der Waals surface area contributed by atoms with Gasteiger partial charge in [-0.05, 0) is 25.5 Å². The van der Waals surface area contributed by atoms with Gasteiger partial charge >= 0.3 is 5.97 Å². The lowest BCUT2D eigenvalue weighted by Crippen LogP contribution is -2.26. The first-order chi connectivity index (χ1) is 10.5. The molecule has 116 valence electrons. The van der Waals surface area contributed by atoms with E-state index in [9.17, 15) is 9.59 Å². The fourth-order valence-corrected chi connectivity index (χ4v) is 2.14. The van der Waals surface area contributed by atoms with Gasteiger partial charge in [-0.2, -0.15) is 0 Å². The van der Waals surface area contributed by atoms with Gasteiger partial charge in [-0.3, -0.25) is 4.79 Å². The van der Waals surface area contributed by atoms with Crippen molar-refractivity contribution in [2.75, 3.05) is 5.32 Å². The molecule has 0 spiro atoms. The highest BCUT2D eigenvalue weighted by atomic mass is 16.4. The summed E-state index contributed by atoms with van der Waals surface area (Å²) in [7, 11) is 0. The molecular formula is C15H18N4O3. The summed E-state index contributed by atoms with van der Waals surface area (Å²) < 4.78 is 1.38. The maximum absolute atomic E-state index is 12.3. The molecular weight excluding hydrogens is 284 g/mol. The van der Waals surface area contributed by atoms with Crippen molar-refractivity contribution in [2.24, 2.45) is 0 Å². The van der Waals surface area contributed by atoms with Crippen molar-refractivity contribution in [1.29, 1.82) is 0 Å². The quantitative estimate of drug-likeness (QED) is 0.852. The summed E-state index contributed by atoms with van der Waals surface area (Å²) in [6.07, 6.45) is 1.23. The number of para-hydroxylation sites is 1. The zero-order chi connectivity index (χ0) is 16.1. The minimum Gasteiger partial charge on any atom is -0.476 e. The predicted octanol–water partition coefficient (Wildman–Crippen LogP) is 2.13. The van der Waals surface area contributed by atoms with E-state index < -0.39 is 12.0 Å². The normalized spacial score (nSPS) is 11.9. The summed E-state index contributed by atoms with van der Waals surface area (Å²) in [5.74, 6) is -1.41. The molecule has 0 bridgehead atoms. The van der Waals surface area contributed by atoms with Crippen molar-refractivity contribution >= 4 is 17.6 Å². The SMILES string of the molecule is CCCc1c(C(=O)O)nnn1C(C)C(=O)Nc1ccccc1. The molecule has 0 fully saturated rings. The van der Waals surface area contributed by atoms with Crippen LogP contribution in [-0.4, -0.2) is 32.0 Å². The van der Waals surface area contributed by atoms with Crippen LogP contribution in [0.3, 0.4) is 0 Å². The molecule has 0 saturated carbocycles. The first-order valence-corrected chi connectivity index (χ1v) is 7.07. The number of nitrogens with one attached hydrogen (secondary N) is 1. The van der Waals surface area contributed by atoms with Gasteiger partial charge in [0.2, 0.25) is 5.91 Å². The number of nitrogens with zero attached hydrogens (tertiary/aromatic N) is 3. The lowest BCUT2D eigenvalue weighted by atomic mass is 10.2. The second-order valence-electron chi connectivity index (χ2n) is 4.92. The lowest BCUT2D eigenvalue weighted by molar-refractivity contribution is -0.119. The highest BCUT2D eigenvalue weighted by Gasteiger charge is 2.24. The molecule has 1 atom stereocenters. The average molecular weight is 302 g/mol. The van der Waals surface area contributed by atoms with Crippen molar-refractivity contribution in [3.05, 3.63) is 41.7 Å². The topological polar surface area (TPSA) is 97.1 Å². The first-order valence-electron chi connectivity index (χ1n) is 7.07. The standard InChI is InChI=1S/C15H18N4O3/c1-3-7-12-13(15(21)22)17-18-19(12)10(2)14(20)16-11-8-5-4-6-9-11/h4-6,8-10H,3,7H2,1-2H3,(H,16,20)(H,21,22). The molecule has 1 aromatic heterocycles. The summed E-state index contributed by atoms with van der Waals surface area (Å²) in [6.45, 7) is 3.59. The van der Waals surface area contributed by atoms with Crippen LogP contribution in [0.5, 0.6) is 0 Å². The number of carboxylic acids is 1. The minimum absolute atomic E-state index is 0.0961. The van der Waals surface area contributed by atoms with Crippen LogP contribution in [0.1, 0.15) is 42.5 Å². The highest BCUT2D eigenvalue weighted by molar-refractivity contribution is 5.93. The molecule has 2 rings (SSSR count). The maximum atomic E-state index is 12.3. The molecule has 1 unspecified atom stereocenters. The average Bonchev–Trinajstić information content (AvgIpc) is 2.91. The third-order valence-electron chi connectivity index (χ3n) is 3.27. The first kappa shape index (κ1) is 15.7. The molecule has 0 aliphatic heterocycles. The van der Waals surface area contributed by atoms with E-state index in [1.54, 1.807) is 19.1 Å². The Balaban J connectivity index is 2.23. The third-order valence-corrected chi connectivity index (χ3v) is 3.27. The predicted molar refractivity (Wildman–Crippen MR) is 80.8 cm³/mol. The van der Waals surface area contributed by atoms with E-state index >= 15 is 0 Å². The molecule has 0 aliphatic rings. The van der Waals surface area contributed by atoms with Crippen LogP contribution in [0.4, 0.5) is 5.69 Å². The number of aromatic nitrogens is 3. The van der Waals surface area contributed by atoms with Crippen LogP contribution in [-0.2, 0) is 11.2 Å². The van der Waals surface area contributed by atoms with E-state index in [4.69, 9.17) is 5.11 Å². The Morgan fingerprint density at radius 1 is 1.32 bits per heavy atom. The zero-order valence-electron chi connectivity index (χ0n) is 12.5. The van der Waals surface area contributed by atoms with Crippen molar-refractivity contribution < 1.29 is 14.7 Å². The molecule has 0 aliphatic carbocycles. The van der Waals surface area contributed by atoms with E-state index in [-0.39, 0.29) is 11.6 Å². The third kappa shape index (κ3) is 3.30. The van der Waals surface area contributed by atoms with E-state index in [1.165, 1.54) is 4.68 Å². The zero-order valence-corrected chi connectivity index (χ0v) is 12.5. The Kier molecular flexibility index (Phi) is 4.88. The second-order valence-corrected chi connectivity index (χ2v) is 4.92. The van der Waals surface area contributed by atoms with E-state index in [0.29, 0.717) is 17.8 Å². The number of hydrogen-bond acceptors (Lipinski definition) is 4. The highest BCUT2D eigenvalue weighted by Crippen LogP contribution is 2.16. The fraction of sp³-hybridized carbons (Fsp3) is 0.333. The lowest BCUT2D eigenvalue weighted by Gasteiger charge is -2.14. The van der Waals surface area contributed by atoms with Crippen molar-refractivity contribution in [2.45, 2.75) is 32.7 Å². The largest absolute Gasteiger partial charge is 0.476 e. The van der Waals surface area contributed by atoms with E-state index in [2.05, 4.69) is 15.6 Å². The van der Waals surface area contributed by atoms with Crippen LogP contribution in [0.25, 0.3) is 0 Å². The number of benzene rings is 1. The fourth-order valence-electron chi connectivity index (χ4n) is 2.14. The minimum atomic E-state index is -1.13. The second kappa shape index (κ2) is 6.84. The Hall–Kier alpha value is -2.70. The molecule has 2 N–H and O–H groups in total. The van der Waals surface area contributed by atoms with Gasteiger partial charge in [-0.25, -0.2) is 9.48 Å². The summed E-state index contributed by atoms with van der Waals surface area (Å²) in [5, 5.41) is 19.4. The number of carbonyl (C=O) groups excluding carboxylic acids is 1. The number of carboxylic acid groups (broad SMARTS) is 1. The number of amides is 1. The van der Waals surface area contributed by atoms with Gasteiger partial charge in [-0.15, -0.1) is 5.10 Å². The molecule has 0 saturated heterocycles. The Morgan fingerprint density at radius 3 is 2.59 bits per heavy atom. The monoisotopic (exact) mass is 302 g/mol. The van der Waals surface area contributed by atoms with E-state index in [0.717, 1.165) is 6.42 Å². The van der Waals surface area contributed by atoms with Crippen LogP contribution >= 0.6 is 0 Å².